The minimum atomic E-state index is -4.48. The molecular weight excluding hydrogens is 568 g/mol. The maximum absolute atomic E-state index is 14.4. The molecule has 5 rings (SSSR count). The smallest absolute Gasteiger partial charge is 0.264 e. The number of alkyl halides is 1. The van der Waals surface area contributed by atoms with Crippen molar-refractivity contribution in [1.82, 2.24) is 25.5 Å². The molecule has 0 unspecified atom stereocenters. The van der Waals surface area contributed by atoms with Gasteiger partial charge in [0, 0.05) is 12.1 Å². The van der Waals surface area contributed by atoms with Crippen LogP contribution in [0.4, 0.5) is 18.9 Å². The Hall–Kier alpha value is -3.13. The van der Waals surface area contributed by atoms with Gasteiger partial charge >= 0.3 is 0 Å². The highest BCUT2D eigenvalue weighted by molar-refractivity contribution is 7.92. The fraction of sp³-hybridized carbons (Fsp3) is 0.261. The average Bonchev–Trinajstić information content (AvgIpc) is 3.24. The van der Waals surface area contributed by atoms with Gasteiger partial charge < -0.3 is 10.1 Å². The summed E-state index contributed by atoms with van der Waals surface area (Å²) in [5, 5.41) is 10.4. The zero-order chi connectivity index (χ0) is 26.3. The number of fused-ring (bicyclic) bond motifs is 1. The molecule has 9 nitrogen and oxygen atoms in total. The summed E-state index contributed by atoms with van der Waals surface area (Å²) in [5.74, 6) is -1.70. The Labute approximate surface area is 226 Å². The molecule has 0 bridgehead atoms. The lowest BCUT2D eigenvalue weighted by Gasteiger charge is -2.27. The van der Waals surface area contributed by atoms with Crippen molar-refractivity contribution in [3.63, 3.8) is 0 Å². The second-order valence-electron chi connectivity index (χ2n) is 8.42. The number of H-pyrrole nitrogens is 1. The fourth-order valence-electron chi connectivity index (χ4n) is 3.95. The van der Waals surface area contributed by atoms with Gasteiger partial charge in [0.2, 0.25) is 5.88 Å². The Kier molecular flexibility index (Phi) is 8.02. The minimum Gasteiger partial charge on any atom is -0.471 e. The van der Waals surface area contributed by atoms with Gasteiger partial charge in [0.1, 0.15) is 34.2 Å². The van der Waals surface area contributed by atoms with Gasteiger partial charge in [-0.3, -0.25) is 9.82 Å². The van der Waals surface area contributed by atoms with Crippen molar-refractivity contribution >= 4 is 50.8 Å². The van der Waals surface area contributed by atoms with Gasteiger partial charge in [-0.1, -0.05) is 11.6 Å². The second-order valence-corrected chi connectivity index (χ2v) is 10.5. The van der Waals surface area contributed by atoms with Gasteiger partial charge in [0.05, 0.1) is 16.4 Å². The molecule has 3 N–H and O–H groups in total. The van der Waals surface area contributed by atoms with Crippen LogP contribution in [0.2, 0.25) is 5.02 Å². The van der Waals surface area contributed by atoms with Crippen LogP contribution in [0.3, 0.4) is 0 Å². The molecule has 15 heteroatoms. The third-order valence-corrected chi connectivity index (χ3v) is 7.53. The van der Waals surface area contributed by atoms with E-state index in [4.69, 9.17) is 16.3 Å². The lowest BCUT2D eigenvalue weighted by Crippen LogP contribution is -2.44. The number of anilines is 1. The molecule has 0 spiro atoms. The fourth-order valence-corrected chi connectivity index (χ4v) is 5.40. The van der Waals surface area contributed by atoms with Crippen LogP contribution in [0.1, 0.15) is 12.1 Å². The van der Waals surface area contributed by atoms with Crippen LogP contribution >= 0.6 is 24.0 Å². The lowest BCUT2D eigenvalue weighted by atomic mass is 10.1. The van der Waals surface area contributed by atoms with Crippen LogP contribution < -0.4 is 14.8 Å². The summed E-state index contributed by atoms with van der Waals surface area (Å²) in [6.45, 7) is 2.51. The lowest BCUT2D eigenvalue weighted by molar-refractivity contribution is 0.0707. The first kappa shape index (κ1) is 27.9. The summed E-state index contributed by atoms with van der Waals surface area (Å²) < 4.78 is 75.3. The zero-order valence-electron chi connectivity index (χ0n) is 19.6. The number of ether oxygens (including phenoxy) is 1. The number of nitrogens with zero attached hydrogens (tertiary/aromatic N) is 3. The van der Waals surface area contributed by atoms with Crippen molar-refractivity contribution in [3.05, 3.63) is 58.7 Å². The molecule has 2 atom stereocenters. The molecular formula is C23H21Cl2F3N6O3S. The standard InChI is InChI=1S/C23H20ClF3N6O3S.ClH/c1-11-20-22(32-31-11)29-21(30-23(20)36-18-6-7-28-10-16(18)27)12-2-5-17(14(24)8-12)33-37(34,35)19-9-13(25)3-4-15(19)26;/h2-5,8-9,16,18,28,33H,6-7,10H2,1H3,(H,29,30,31,32);1H/t16-,18+;/m0./s1. The highest BCUT2D eigenvalue weighted by Crippen LogP contribution is 2.33. The third kappa shape index (κ3) is 5.51. The maximum atomic E-state index is 14.4. The van der Waals surface area contributed by atoms with E-state index in [2.05, 4.69) is 30.2 Å². The molecule has 1 aliphatic rings. The number of hydrogen-bond donors (Lipinski definition) is 3. The van der Waals surface area contributed by atoms with E-state index in [0.29, 0.717) is 47.4 Å². The van der Waals surface area contributed by atoms with E-state index in [1.54, 1.807) is 6.92 Å². The molecule has 1 saturated heterocycles. The molecule has 202 valence electrons. The number of hydrogen-bond acceptors (Lipinski definition) is 7. The molecule has 0 amide bonds. The Bertz CT molecular complexity index is 1610. The molecule has 3 heterocycles. The van der Waals surface area contributed by atoms with Gasteiger partial charge in [-0.05, 0) is 56.3 Å². The second kappa shape index (κ2) is 10.9. The Balaban J connectivity index is 0.00000336. The highest BCUT2D eigenvalue weighted by Gasteiger charge is 2.28. The van der Waals surface area contributed by atoms with Crippen LogP contribution in [-0.4, -0.2) is 53.9 Å². The van der Waals surface area contributed by atoms with E-state index in [-0.39, 0.29) is 41.4 Å². The molecule has 1 aliphatic heterocycles. The van der Waals surface area contributed by atoms with E-state index < -0.39 is 38.8 Å². The normalized spacial score (nSPS) is 17.7. The molecule has 4 aromatic rings. The van der Waals surface area contributed by atoms with Crippen LogP contribution in [0.5, 0.6) is 5.88 Å². The van der Waals surface area contributed by atoms with Crippen LogP contribution in [-0.2, 0) is 10.0 Å². The summed E-state index contributed by atoms with van der Waals surface area (Å²) in [4.78, 5) is 8.07. The molecule has 38 heavy (non-hydrogen) atoms. The Morgan fingerprint density at radius 2 is 1.95 bits per heavy atom. The monoisotopic (exact) mass is 588 g/mol. The van der Waals surface area contributed by atoms with Crippen molar-refractivity contribution in [2.75, 3.05) is 17.8 Å². The number of aryl methyl sites for hydroxylation is 1. The summed E-state index contributed by atoms with van der Waals surface area (Å²) in [5.41, 5.74) is 1.27. The van der Waals surface area contributed by atoms with Crippen molar-refractivity contribution in [3.8, 4) is 17.3 Å². The Morgan fingerprint density at radius 3 is 2.68 bits per heavy atom. The minimum absolute atomic E-state index is 0. The first-order valence-electron chi connectivity index (χ1n) is 11.1. The van der Waals surface area contributed by atoms with Gasteiger partial charge in [-0.25, -0.2) is 26.6 Å². The van der Waals surface area contributed by atoms with E-state index in [9.17, 15) is 21.6 Å². The Morgan fingerprint density at radius 1 is 1.16 bits per heavy atom. The highest BCUT2D eigenvalue weighted by atomic mass is 35.5. The third-order valence-electron chi connectivity index (χ3n) is 5.83. The van der Waals surface area contributed by atoms with Crippen molar-refractivity contribution < 1.29 is 26.3 Å². The number of aromatic nitrogens is 4. The first-order valence-corrected chi connectivity index (χ1v) is 13.0. The number of rotatable bonds is 6. The van der Waals surface area contributed by atoms with Crippen LogP contribution in [0.15, 0.2) is 41.3 Å². The van der Waals surface area contributed by atoms with Crippen molar-refractivity contribution in [1.29, 1.82) is 0 Å². The number of halogens is 5. The number of nitrogens with one attached hydrogen (secondary N) is 3. The topological polar surface area (TPSA) is 122 Å². The van der Waals surface area contributed by atoms with Crippen molar-refractivity contribution in [2.24, 2.45) is 0 Å². The molecule has 0 aliphatic carbocycles. The summed E-state index contributed by atoms with van der Waals surface area (Å²) >= 11 is 6.32. The van der Waals surface area contributed by atoms with E-state index in [1.807, 2.05) is 0 Å². The maximum Gasteiger partial charge on any atom is 0.264 e. The van der Waals surface area contributed by atoms with Crippen molar-refractivity contribution in [2.45, 2.75) is 30.5 Å². The van der Waals surface area contributed by atoms with Crippen LogP contribution in [0.25, 0.3) is 22.4 Å². The molecule has 2 aromatic carbocycles. The number of aromatic amines is 1. The average molecular weight is 589 g/mol. The van der Waals surface area contributed by atoms with E-state index in [0.717, 1.165) is 6.07 Å². The van der Waals surface area contributed by atoms with Crippen LogP contribution in [0, 0.1) is 18.6 Å². The predicted octanol–water partition coefficient (Wildman–Crippen LogP) is 4.56. The molecule has 0 radical (unpaired) electrons. The van der Waals surface area contributed by atoms with Gasteiger partial charge in [-0.2, -0.15) is 10.1 Å². The number of sulfonamides is 1. The SMILES string of the molecule is Cc1n[nH]c2nc(-c3ccc(NS(=O)(=O)c4cc(F)ccc4F)c(Cl)c3)nc(O[C@@H]3CCNC[C@@H]3F)c12.Cl. The summed E-state index contributed by atoms with van der Waals surface area (Å²) in [7, 11) is -4.48. The van der Waals surface area contributed by atoms with Gasteiger partial charge in [0.15, 0.2) is 11.5 Å². The van der Waals surface area contributed by atoms with Gasteiger partial charge in [-0.15, -0.1) is 12.4 Å². The molecule has 0 saturated carbocycles. The summed E-state index contributed by atoms with van der Waals surface area (Å²) in [6.07, 6.45) is -1.48. The summed E-state index contributed by atoms with van der Waals surface area (Å²) in [6, 6.07) is 6.32. The molecule has 1 fully saturated rings. The first-order chi connectivity index (χ1) is 17.6. The van der Waals surface area contributed by atoms with E-state index >= 15 is 0 Å². The molecule has 2 aromatic heterocycles. The van der Waals surface area contributed by atoms with E-state index in [1.165, 1.54) is 18.2 Å². The number of piperidine rings is 1. The quantitative estimate of drug-likeness (QED) is 0.302. The van der Waals surface area contributed by atoms with Gasteiger partial charge in [0.25, 0.3) is 10.0 Å². The number of benzene rings is 2. The predicted molar refractivity (Wildman–Crippen MR) is 138 cm³/mol. The largest absolute Gasteiger partial charge is 0.471 e. The zero-order valence-corrected chi connectivity index (χ0v) is 22.0.